The van der Waals surface area contributed by atoms with E-state index in [2.05, 4.69) is 5.32 Å². The molecule has 1 aliphatic rings. The summed E-state index contributed by atoms with van der Waals surface area (Å²) in [6.07, 6.45) is 1.34. The Balaban J connectivity index is 1.54. The lowest BCUT2D eigenvalue weighted by molar-refractivity contribution is -0.150. The van der Waals surface area contributed by atoms with Crippen LogP contribution in [0.1, 0.15) is 28.1 Å². The van der Waals surface area contributed by atoms with E-state index in [4.69, 9.17) is 16.3 Å². The van der Waals surface area contributed by atoms with Crippen molar-refractivity contribution in [2.24, 2.45) is 0 Å². The van der Waals surface area contributed by atoms with Crippen molar-refractivity contribution in [1.29, 1.82) is 0 Å². The largest absolute Gasteiger partial charge is 0.455 e. The van der Waals surface area contributed by atoms with E-state index in [0.29, 0.717) is 22.7 Å². The van der Waals surface area contributed by atoms with Crippen molar-refractivity contribution in [1.82, 2.24) is 5.32 Å². The van der Waals surface area contributed by atoms with E-state index in [9.17, 15) is 14.4 Å². The number of esters is 1. The average molecular weight is 364 g/mol. The molecule has 1 fully saturated rings. The number of imide groups is 1. The monoisotopic (exact) mass is 363 g/mol. The molecule has 124 valence electrons. The minimum Gasteiger partial charge on any atom is -0.455 e. The van der Waals surface area contributed by atoms with Gasteiger partial charge in [0, 0.05) is 5.02 Å². The molecule has 7 heteroatoms. The maximum Gasteiger partial charge on any atom is 0.317 e. The lowest BCUT2D eigenvalue weighted by Gasteiger charge is -2.14. The third kappa shape index (κ3) is 3.49. The van der Waals surface area contributed by atoms with E-state index in [0.717, 1.165) is 5.56 Å². The maximum atomic E-state index is 12.3. The van der Waals surface area contributed by atoms with E-state index >= 15 is 0 Å². The van der Waals surface area contributed by atoms with Gasteiger partial charge in [0.25, 0.3) is 11.8 Å². The number of carbonyl (C=O) groups excluding carboxylic acids is 3. The van der Waals surface area contributed by atoms with E-state index in [1.165, 1.54) is 11.3 Å². The molecule has 0 spiro atoms. The van der Waals surface area contributed by atoms with E-state index in [1.54, 1.807) is 41.8 Å². The van der Waals surface area contributed by atoms with Crippen LogP contribution in [0.4, 0.5) is 0 Å². The number of rotatable bonds is 5. The summed E-state index contributed by atoms with van der Waals surface area (Å²) in [5.74, 6) is -1.60. The van der Waals surface area contributed by atoms with Crippen LogP contribution >= 0.6 is 22.9 Å². The van der Waals surface area contributed by atoms with Crippen molar-refractivity contribution in [3.63, 3.8) is 0 Å². The van der Waals surface area contributed by atoms with Crippen molar-refractivity contribution in [2.75, 3.05) is 6.61 Å². The lowest BCUT2D eigenvalue weighted by Crippen LogP contribution is -2.35. The molecule has 2 amide bonds. The van der Waals surface area contributed by atoms with Gasteiger partial charge < -0.3 is 4.74 Å². The van der Waals surface area contributed by atoms with E-state index < -0.39 is 29.8 Å². The van der Waals surface area contributed by atoms with Crippen molar-refractivity contribution in [3.8, 4) is 0 Å². The zero-order valence-electron chi connectivity index (χ0n) is 12.6. The fourth-order valence-electron chi connectivity index (χ4n) is 2.41. The summed E-state index contributed by atoms with van der Waals surface area (Å²) >= 11 is 7.08. The lowest BCUT2D eigenvalue weighted by atomic mass is 9.96. The van der Waals surface area contributed by atoms with Gasteiger partial charge in [-0.25, -0.2) is 0 Å². The van der Waals surface area contributed by atoms with Gasteiger partial charge in [-0.3, -0.25) is 19.7 Å². The standard InChI is InChI=1S/C17H14ClNO4S/c18-12-5-3-11(4-6-12)17(7-8-17)16(22)23-10-14(20)19-15(21)13-2-1-9-24-13/h1-6,9H,7-8,10H2,(H,19,20,21). The van der Waals surface area contributed by atoms with Gasteiger partial charge in [-0.1, -0.05) is 29.8 Å². The first-order valence-corrected chi connectivity index (χ1v) is 8.58. The second-order valence-corrected chi connectivity index (χ2v) is 6.90. The molecular formula is C17H14ClNO4S. The number of thiophene rings is 1. The van der Waals surface area contributed by atoms with Crippen LogP contribution in [0.2, 0.25) is 5.02 Å². The maximum absolute atomic E-state index is 12.3. The van der Waals surface area contributed by atoms with E-state index in [-0.39, 0.29) is 0 Å². The first kappa shape index (κ1) is 16.7. The summed E-state index contributed by atoms with van der Waals surface area (Å²) in [7, 11) is 0. The Morgan fingerprint density at radius 1 is 1.17 bits per heavy atom. The van der Waals surface area contributed by atoms with Crippen molar-refractivity contribution < 1.29 is 19.1 Å². The second kappa shape index (κ2) is 6.75. The van der Waals surface area contributed by atoms with Gasteiger partial charge in [-0.2, -0.15) is 0 Å². The summed E-state index contributed by atoms with van der Waals surface area (Å²) in [6.45, 7) is -0.481. The number of amides is 2. The molecule has 0 atom stereocenters. The molecule has 0 saturated heterocycles. The summed E-state index contributed by atoms with van der Waals surface area (Å²) in [5, 5.41) is 4.53. The minimum absolute atomic E-state index is 0.425. The van der Waals surface area contributed by atoms with Gasteiger partial charge in [-0.15, -0.1) is 11.3 Å². The van der Waals surface area contributed by atoms with Crippen LogP contribution in [0, 0.1) is 0 Å². The molecule has 5 nitrogen and oxygen atoms in total. The number of benzene rings is 1. The highest BCUT2D eigenvalue weighted by atomic mass is 35.5. The minimum atomic E-state index is -0.692. The van der Waals surface area contributed by atoms with Crippen molar-refractivity contribution in [3.05, 3.63) is 57.2 Å². The van der Waals surface area contributed by atoms with Gasteiger partial charge in [-0.05, 0) is 42.0 Å². The Bertz CT molecular complexity index is 766. The fourth-order valence-corrected chi connectivity index (χ4v) is 3.15. The average Bonchev–Trinajstić information content (AvgIpc) is 3.19. The highest BCUT2D eigenvalue weighted by molar-refractivity contribution is 7.12. The van der Waals surface area contributed by atoms with Crippen LogP contribution in [-0.2, 0) is 19.7 Å². The molecule has 1 aromatic carbocycles. The van der Waals surface area contributed by atoms with Gasteiger partial charge in [0.1, 0.15) is 0 Å². The van der Waals surface area contributed by atoms with Gasteiger partial charge >= 0.3 is 5.97 Å². The summed E-state index contributed by atoms with van der Waals surface area (Å²) in [6, 6.07) is 10.3. The number of hydrogen-bond acceptors (Lipinski definition) is 5. The van der Waals surface area contributed by atoms with Crippen LogP contribution in [0.15, 0.2) is 41.8 Å². The number of halogens is 1. The quantitative estimate of drug-likeness (QED) is 0.829. The molecule has 1 saturated carbocycles. The van der Waals surface area contributed by atoms with Gasteiger partial charge in [0.05, 0.1) is 10.3 Å². The molecule has 0 unspecified atom stereocenters. The number of hydrogen-bond donors (Lipinski definition) is 1. The number of carbonyl (C=O) groups is 3. The molecule has 3 rings (SSSR count). The Morgan fingerprint density at radius 3 is 2.46 bits per heavy atom. The van der Waals surface area contributed by atoms with Crippen molar-refractivity contribution in [2.45, 2.75) is 18.3 Å². The Hall–Kier alpha value is -2.18. The van der Waals surface area contributed by atoms with Crippen LogP contribution in [-0.4, -0.2) is 24.4 Å². The highest BCUT2D eigenvalue weighted by Gasteiger charge is 2.52. The van der Waals surface area contributed by atoms with Gasteiger partial charge in [0.15, 0.2) is 6.61 Å². The summed E-state index contributed by atoms with van der Waals surface area (Å²) in [5.41, 5.74) is 0.134. The molecular weight excluding hydrogens is 350 g/mol. The normalized spacial score (nSPS) is 14.7. The molecule has 1 N–H and O–H groups in total. The fraction of sp³-hybridized carbons (Fsp3) is 0.235. The van der Waals surface area contributed by atoms with Crippen LogP contribution < -0.4 is 5.32 Å². The second-order valence-electron chi connectivity index (χ2n) is 5.52. The smallest absolute Gasteiger partial charge is 0.317 e. The zero-order valence-corrected chi connectivity index (χ0v) is 14.2. The van der Waals surface area contributed by atoms with Crippen LogP contribution in [0.3, 0.4) is 0 Å². The van der Waals surface area contributed by atoms with Crippen LogP contribution in [0.5, 0.6) is 0 Å². The molecule has 2 aromatic rings. The SMILES string of the molecule is O=C(COC(=O)C1(c2ccc(Cl)cc2)CC1)NC(=O)c1cccs1. The number of ether oxygens (including phenoxy) is 1. The highest BCUT2D eigenvalue weighted by Crippen LogP contribution is 2.49. The first-order valence-electron chi connectivity index (χ1n) is 7.32. The Kier molecular flexibility index (Phi) is 4.69. The Morgan fingerprint density at radius 2 is 1.88 bits per heavy atom. The third-order valence-electron chi connectivity index (χ3n) is 3.87. The Labute approximate surface area is 147 Å². The van der Waals surface area contributed by atoms with Gasteiger partial charge in [0.2, 0.25) is 0 Å². The molecule has 1 aromatic heterocycles. The zero-order chi connectivity index (χ0) is 17.2. The van der Waals surface area contributed by atoms with E-state index in [1.807, 2.05) is 0 Å². The predicted octanol–water partition coefficient (Wildman–Crippen LogP) is 2.93. The first-order chi connectivity index (χ1) is 11.5. The molecule has 1 aliphatic carbocycles. The third-order valence-corrected chi connectivity index (χ3v) is 4.99. The molecule has 0 bridgehead atoms. The van der Waals surface area contributed by atoms with Crippen LogP contribution in [0.25, 0.3) is 0 Å². The number of nitrogens with one attached hydrogen (secondary N) is 1. The van der Waals surface area contributed by atoms with Crippen molar-refractivity contribution >= 4 is 40.7 Å². The molecule has 0 radical (unpaired) electrons. The molecule has 24 heavy (non-hydrogen) atoms. The molecule has 1 heterocycles. The topological polar surface area (TPSA) is 72.5 Å². The molecule has 0 aliphatic heterocycles. The predicted molar refractivity (Wildman–Crippen MR) is 90.1 cm³/mol. The summed E-state index contributed by atoms with van der Waals surface area (Å²) < 4.78 is 5.10. The summed E-state index contributed by atoms with van der Waals surface area (Å²) in [4.78, 5) is 36.2.